The van der Waals surface area contributed by atoms with Crippen molar-refractivity contribution in [2.24, 2.45) is 5.10 Å². The van der Waals surface area contributed by atoms with Crippen molar-refractivity contribution in [2.75, 3.05) is 27.2 Å². The van der Waals surface area contributed by atoms with Crippen LogP contribution in [0.4, 0.5) is 13.2 Å². The van der Waals surface area contributed by atoms with Gasteiger partial charge in [-0.05, 0) is 31.8 Å². The molecule has 0 spiro atoms. The van der Waals surface area contributed by atoms with Crippen molar-refractivity contribution in [3.63, 3.8) is 0 Å². The van der Waals surface area contributed by atoms with Gasteiger partial charge in [-0.3, -0.25) is 9.59 Å². The number of rotatable bonds is 5. The van der Waals surface area contributed by atoms with Crippen LogP contribution in [-0.4, -0.2) is 72.3 Å². The van der Waals surface area contributed by atoms with E-state index in [-0.39, 0.29) is 11.8 Å². The number of aliphatic carboxylic acids is 1. The fourth-order valence-electron chi connectivity index (χ4n) is 3.34. The molecule has 2 amide bonds. The zero-order chi connectivity index (χ0) is 25.8. The average molecular weight is 489 g/mol. The van der Waals surface area contributed by atoms with Gasteiger partial charge in [0.05, 0.1) is 17.5 Å². The molecule has 4 rings (SSSR count). The first kappa shape index (κ1) is 25.4. The van der Waals surface area contributed by atoms with E-state index in [9.17, 15) is 22.8 Å². The maximum Gasteiger partial charge on any atom is 0.490 e. The highest BCUT2D eigenvalue weighted by Crippen LogP contribution is 2.33. The van der Waals surface area contributed by atoms with Gasteiger partial charge in [0.25, 0.3) is 11.8 Å². The van der Waals surface area contributed by atoms with Crippen molar-refractivity contribution in [1.82, 2.24) is 20.6 Å². The van der Waals surface area contributed by atoms with Crippen LogP contribution in [0.25, 0.3) is 22.2 Å². The molecule has 2 heterocycles. The van der Waals surface area contributed by atoms with Crippen LogP contribution in [0, 0.1) is 0 Å². The van der Waals surface area contributed by atoms with Crippen LogP contribution >= 0.6 is 0 Å². The summed E-state index contributed by atoms with van der Waals surface area (Å²) in [6, 6.07) is 13.2. The topological polar surface area (TPSA) is 127 Å². The van der Waals surface area contributed by atoms with Crippen LogP contribution < -0.4 is 10.7 Å². The predicted molar refractivity (Wildman–Crippen MR) is 123 cm³/mol. The lowest BCUT2D eigenvalue weighted by molar-refractivity contribution is -0.192. The van der Waals surface area contributed by atoms with E-state index in [1.807, 2.05) is 49.3 Å². The molecule has 0 unspecified atom stereocenters. The van der Waals surface area contributed by atoms with Gasteiger partial charge in [-0.1, -0.05) is 30.3 Å². The number of hydrazone groups is 1. The van der Waals surface area contributed by atoms with Crippen molar-refractivity contribution < 1.29 is 32.7 Å². The first-order chi connectivity index (χ1) is 16.5. The Labute approximate surface area is 197 Å². The van der Waals surface area contributed by atoms with E-state index in [0.717, 1.165) is 34.3 Å². The van der Waals surface area contributed by atoms with Crippen LogP contribution in [0.1, 0.15) is 26.3 Å². The number of halogens is 3. The number of benzene rings is 2. The predicted octanol–water partition coefficient (Wildman–Crippen LogP) is 2.84. The number of carboxylic acids is 1. The number of likely N-dealkylation sites (N-methyl/N-ethyl adjacent to an activating group) is 1. The lowest BCUT2D eigenvalue weighted by Crippen LogP contribution is -2.31. The first-order valence-electron chi connectivity index (χ1n) is 10.3. The summed E-state index contributed by atoms with van der Waals surface area (Å²) in [5.74, 6) is -3.30. The summed E-state index contributed by atoms with van der Waals surface area (Å²) in [6.45, 7) is 1.26. The summed E-state index contributed by atoms with van der Waals surface area (Å²) in [4.78, 5) is 39.4. The van der Waals surface area contributed by atoms with Crippen LogP contribution in [0.5, 0.6) is 0 Å². The van der Waals surface area contributed by atoms with Crippen molar-refractivity contribution in [1.29, 1.82) is 0 Å². The summed E-state index contributed by atoms with van der Waals surface area (Å²) in [5.41, 5.74) is 6.79. The molecule has 1 aliphatic rings. The number of alkyl halides is 3. The molecule has 12 heteroatoms. The Balaban J connectivity index is 0.000000429. The number of nitrogens with zero attached hydrogens (tertiary/aromatic N) is 2. The quantitative estimate of drug-likeness (QED) is 0.439. The van der Waals surface area contributed by atoms with Crippen molar-refractivity contribution in [3.05, 3.63) is 59.2 Å². The van der Waals surface area contributed by atoms with Gasteiger partial charge in [0.15, 0.2) is 0 Å². The molecule has 2 aromatic carbocycles. The van der Waals surface area contributed by atoms with Gasteiger partial charge in [-0.2, -0.15) is 18.3 Å². The number of aromatic amines is 1. The highest BCUT2D eigenvalue weighted by molar-refractivity contribution is 6.18. The fraction of sp³-hybridized carbons (Fsp3) is 0.217. The molecule has 0 atom stereocenters. The fourth-order valence-corrected chi connectivity index (χ4v) is 3.34. The minimum atomic E-state index is -5.08. The molecule has 0 fully saturated rings. The van der Waals surface area contributed by atoms with E-state index in [1.165, 1.54) is 0 Å². The van der Waals surface area contributed by atoms with Gasteiger partial charge >= 0.3 is 12.1 Å². The molecule has 0 bridgehead atoms. The zero-order valence-corrected chi connectivity index (χ0v) is 18.7. The minimum Gasteiger partial charge on any atom is -0.475 e. The SMILES string of the molecule is CN(C)CCNC(=O)c1cc2c3c(c(-c4ccccc4)[nH]c3c1)C=NNC2=O.O=C(O)C(F)(F)F. The van der Waals surface area contributed by atoms with Gasteiger partial charge < -0.3 is 20.3 Å². The Morgan fingerprint density at radius 3 is 2.40 bits per heavy atom. The Bertz CT molecular complexity index is 1280. The summed E-state index contributed by atoms with van der Waals surface area (Å²) in [5, 5.41) is 14.8. The van der Waals surface area contributed by atoms with Gasteiger partial charge in [0, 0.05) is 35.1 Å². The normalized spacial score (nSPS) is 12.6. The van der Waals surface area contributed by atoms with Crippen molar-refractivity contribution >= 4 is 34.9 Å². The monoisotopic (exact) mass is 489 g/mol. The second kappa shape index (κ2) is 10.4. The van der Waals surface area contributed by atoms with Crippen LogP contribution in [-0.2, 0) is 4.79 Å². The maximum atomic E-state index is 12.6. The number of hydrogen-bond donors (Lipinski definition) is 4. The second-order valence-electron chi connectivity index (χ2n) is 7.79. The Hall–Kier alpha value is -4.19. The molecule has 0 radical (unpaired) electrons. The maximum absolute atomic E-state index is 12.6. The smallest absolute Gasteiger partial charge is 0.475 e. The third-order valence-corrected chi connectivity index (χ3v) is 4.95. The van der Waals surface area contributed by atoms with E-state index in [2.05, 4.69) is 20.8 Å². The van der Waals surface area contributed by atoms with Crippen LogP contribution in [0.2, 0.25) is 0 Å². The molecule has 0 aliphatic carbocycles. The number of H-pyrrole nitrogens is 1. The second-order valence-corrected chi connectivity index (χ2v) is 7.79. The molecule has 35 heavy (non-hydrogen) atoms. The highest BCUT2D eigenvalue weighted by Gasteiger charge is 2.38. The van der Waals surface area contributed by atoms with E-state index < -0.39 is 12.1 Å². The van der Waals surface area contributed by atoms with E-state index in [1.54, 1.807) is 18.3 Å². The summed E-state index contributed by atoms with van der Waals surface area (Å²) < 4.78 is 31.7. The Morgan fingerprint density at radius 1 is 1.14 bits per heavy atom. The summed E-state index contributed by atoms with van der Waals surface area (Å²) in [7, 11) is 3.89. The van der Waals surface area contributed by atoms with Crippen molar-refractivity contribution in [2.45, 2.75) is 6.18 Å². The lowest BCUT2D eigenvalue weighted by Gasteiger charge is -2.11. The van der Waals surface area contributed by atoms with Gasteiger partial charge in [0.2, 0.25) is 0 Å². The number of amides is 2. The molecule has 0 saturated heterocycles. The van der Waals surface area contributed by atoms with Crippen LogP contribution in [0.3, 0.4) is 0 Å². The number of hydrogen-bond acceptors (Lipinski definition) is 5. The Kier molecular flexibility index (Phi) is 7.55. The number of carbonyl (C=O) groups excluding carboxylic acids is 2. The van der Waals surface area contributed by atoms with E-state index in [4.69, 9.17) is 9.90 Å². The van der Waals surface area contributed by atoms with Gasteiger partial charge in [-0.15, -0.1) is 0 Å². The van der Waals surface area contributed by atoms with Gasteiger partial charge in [0.1, 0.15) is 0 Å². The molecule has 0 saturated carbocycles. The first-order valence-corrected chi connectivity index (χ1v) is 10.3. The number of carboxylic acid groups (broad SMARTS) is 1. The molecule has 184 valence electrons. The molecule has 1 aromatic heterocycles. The zero-order valence-electron chi connectivity index (χ0n) is 18.7. The molecule has 9 nitrogen and oxygen atoms in total. The molecule has 4 N–H and O–H groups in total. The number of nitrogens with one attached hydrogen (secondary N) is 3. The highest BCUT2D eigenvalue weighted by atomic mass is 19.4. The summed E-state index contributed by atoms with van der Waals surface area (Å²) in [6.07, 6.45) is -3.44. The summed E-state index contributed by atoms with van der Waals surface area (Å²) >= 11 is 0. The van der Waals surface area contributed by atoms with E-state index >= 15 is 0 Å². The van der Waals surface area contributed by atoms with Gasteiger partial charge in [-0.25, -0.2) is 10.2 Å². The molecular weight excluding hydrogens is 467 g/mol. The standard InChI is InChI=1S/C21H21N5O2.C2HF3O2/c1-26(2)9-8-22-20(27)14-10-15-18-16(12-23-25-21(15)28)19(24-17(18)11-14)13-6-4-3-5-7-13;3-2(4,5)1(6)7/h3-7,10-12,24H,8-9H2,1-2H3,(H,22,27)(H,25,28);(H,6,7). The molecule has 3 aromatic rings. The van der Waals surface area contributed by atoms with E-state index in [0.29, 0.717) is 17.7 Å². The number of aromatic nitrogens is 1. The average Bonchev–Trinajstić information content (AvgIpc) is 3.08. The molecule has 1 aliphatic heterocycles. The third kappa shape index (κ3) is 6.03. The Morgan fingerprint density at radius 2 is 1.80 bits per heavy atom. The third-order valence-electron chi connectivity index (χ3n) is 4.95. The molecular formula is C23H22F3N5O4. The number of carbonyl (C=O) groups is 3. The van der Waals surface area contributed by atoms with Crippen LogP contribution in [0.15, 0.2) is 47.6 Å². The van der Waals surface area contributed by atoms with Crippen molar-refractivity contribution in [3.8, 4) is 11.3 Å². The largest absolute Gasteiger partial charge is 0.490 e. The minimum absolute atomic E-state index is 0.213. The lowest BCUT2D eigenvalue weighted by atomic mass is 10.00.